The van der Waals surface area contributed by atoms with E-state index in [1.807, 2.05) is 0 Å². The maximum Gasteiger partial charge on any atom is 0.138 e. The molecule has 3 heteroatoms. The quantitative estimate of drug-likeness (QED) is 0.695. The zero-order chi connectivity index (χ0) is 12.8. The SMILES string of the molecule is Cc1ccc2nc(-c3ccc4c(c3)CNC4)[nH]c2c1. The molecule has 1 aromatic heterocycles. The molecule has 0 atom stereocenters. The van der Waals surface area contributed by atoms with Crippen LogP contribution in [0, 0.1) is 6.92 Å². The normalized spacial score (nSPS) is 13.9. The van der Waals surface area contributed by atoms with Crippen molar-refractivity contribution in [2.75, 3.05) is 0 Å². The number of rotatable bonds is 1. The third kappa shape index (κ3) is 1.74. The molecule has 1 aliphatic rings. The molecule has 19 heavy (non-hydrogen) atoms. The number of aromatic nitrogens is 2. The Hall–Kier alpha value is -2.13. The Balaban J connectivity index is 1.85. The number of benzene rings is 2. The van der Waals surface area contributed by atoms with Crippen LogP contribution in [0.15, 0.2) is 36.4 Å². The summed E-state index contributed by atoms with van der Waals surface area (Å²) in [5.74, 6) is 0.954. The van der Waals surface area contributed by atoms with E-state index in [0.717, 1.165) is 35.5 Å². The summed E-state index contributed by atoms with van der Waals surface area (Å²) < 4.78 is 0. The molecule has 4 rings (SSSR count). The van der Waals surface area contributed by atoms with Gasteiger partial charge < -0.3 is 10.3 Å². The van der Waals surface area contributed by atoms with Crippen LogP contribution in [0.3, 0.4) is 0 Å². The van der Waals surface area contributed by atoms with Gasteiger partial charge in [-0.15, -0.1) is 0 Å². The van der Waals surface area contributed by atoms with Crippen molar-refractivity contribution in [3.8, 4) is 11.4 Å². The van der Waals surface area contributed by atoms with Crippen LogP contribution in [0.25, 0.3) is 22.4 Å². The zero-order valence-corrected chi connectivity index (χ0v) is 10.8. The van der Waals surface area contributed by atoms with Crippen LogP contribution < -0.4 is 5.32 Å². The van der Waals surface area contributed by atoms with Crippen LogP contribution in [0.5, 0.6) is 0 Å². The Labute approximate surface area is 111 Å². The third-order valence-corrected chi connectivity index (χ3v) is 3.75. The van der Waals surface area contributed by atoms with Crippen molar-refractivity contribution in [3.63, 3.8) is 0 Å². The second-order valence-electron chi connectivity index (χ2n) is 5.19. The molecule has 3 nitrogen and oxygen atoms in total. The third-order valence-electron chi connectivity index (χ3n) is 3.75. The highest BCUT2D eigenvalue weighted by molar-refractivity contribution is 5.80. The van der Waals surface area contributed by atoms with Gasteiger partial charge in [0.15, 0.2) is 0 Å². The van der Waals surface area contributed by atoms with Gasteiger partial charge in [-0.05, 0) is 41.8 Å². The fraction of sp³-hybridized carbons (Fsp3) is 0.188. The monoisotopic (exact) mass is 249 g/mol. The second-order valence-corrected chi connectivity index (χ2v) is 5.19. The Morgan fingerprint density at radius 2 is 1.89 bits per heavy atom. The van der Waals surface area contributed by atoms with Crippen molar-refractivity contribution in [1.29, 1.82) is 0 Å². The van der Waals surface area contributed by atoms with Crippen molar-refractivity contribution in [2.45, 2.75) is 20.0 Å². The number of imidazole rings is 1. The average Bonchev–Trinajstić information content (AvgIpc) is 3.02. The first-order chi connectivity index (χ1) is 9.29. The van der Waals surface area contributed by atoms with E-state index in [1.54, 1.807) is 0 Å². The Bertz CT molecular complexity index is 771. The first kappa shape index (κ1) is 10.8. The molecule has 0 fully saturated rings. The lowest BCUT2D eigenvalue weighted by Gasteiger charge is -2.01. The van der Waals surface area contributed by atoms with E-state index < -0.39 is 0 Å². The molecule has 0 saturated heterocycles. The van der Waals surface area contributed by atoms with Gasteiger partial charge in [-0.2, -0.15) is 0 Å². The molecule has 0 aliphatic carbocycles. The number of hydrogen-bond donors (Lipinski definition) is 2. The molecule has 0 bridgehead atoms. The van der Waals surface area contributed by atoms with Gasteiger partial charge in [0.05, 0.1) is 11.0 Å². The highest BCUT2D eigenvalue weighted by atomic mass is 14.9. The largest absolute Gasteiger partial charge is 0.338 e. The van der Waals surface area contributed by atoms with Crippen LogP contribution in [0.2, 0.25) is 0 Å². The molecule has 2 aromatic carbocycles. The summed E-state index contributed by atoms with van der Waals surface area (Å²) in [7, 11) is 0. The van der Waals surface area contributed by atoms with E-state index in [0.29, 0.717) is 0 Å². The van der Waals surface area contributed by atoms with Gasteiger partial charge in [-0.3, -0.25) is 0 Å². The molecule has 94 valence electrons. The molecule has 1 aliphatic heterocycles. The summed E-state index contributed by atoms with van der Waals surface area (Å²) in [5, 5.41) is 3.37. The van der Waals surface area contributed by atoms with Crippen molar-refractivity contribution in [2.24, 2.45) is 0 Å². The van der Waals surface area contributed by atoms with Gasteiger partial charge in [-0.25, -0.2) is 4.98 Å². The summed E-state index contributed by atoms with van der Waals surface area (Å²) in [5.41, 5.74) is 7.33. The lowest BCUT2D eigenvalue weighted by Crippen LogP contribution is -1.99. The van der Waals surface area contributed by atoms with Crippen LogP contribution in [0.4, 0.5) is 0 Å². The Morgan fingerprint density at radius 3 is 2.84 bits per heavy atom. The van der Waals surface area contributed by atoms with Crippen molar-refractivity contribution < 1.29 is 0 Å². The molecule has 2 heterocycles. The summed E-state index contributed by atoms with van der Waals surface area (Å²) in [6.45, 7) is 4.04. The fourth-order valence-electron chi connectivity index (χ4n) is 2.70. The van der Waals surface area contributed by atoms with Gasteiger partial charge in [0.1, 0.15) is 5.82 Å². The van der Waals surface area contributed by atoms with E-state index in [2.05, 4.69) is 58.6 Å². The maximum atomic E-state index is 4.67. The van der Waals surface area contributed by atoms with Gasteiger partial charge in [0.25, 0.3) is 0 Å². The van der Waals surface area contributed by atoms with E-state index in [1.165, 1.54) is 16.7 Å². The minimum absolute atomic E-state index is 0.954. The minimum Gasteiger partial charge on any atom is -0.338 e. The Morgan fingerprint density at radius 1 is 1.00 bits per heavy atom. The second kappa shape index (κ2) is 3.93. The zero-order valence-electron chi connectivity index (χ0n) is 10.8. The van der Waals surface area contributed by atoms with Crippen LogP contribution in [0.1, 0.15) is 16.7 Å². The van der Waals surface area contributed by atoms with Crippen molar-refractivity contribution in [3.05, 3.63) is 53.1 Å². The molecular weight excluding hydrogens is 234 g/mol. The van der Waals surface area contributed by atoms with Gasteiger partial charge >= 0.3 is 0 Å². The van der Waals surface area contributed by atoms with Crippen molar-refractivity contribution in [1.82, 2.24) is 15.3 Å². The molecule has 0 saturated carbocycles. The van der Waals surface area contributed by atoms with Crippen molar-refractivity contribution >= 4 is 11.0 Å². The molecule has 0 radical (unpaired) electrons. The smallest absolute Gasteiger partial charge is 0.138 e. The van der Waals surface area contributed by atoms with Gasteiger partial charge in [0, 0.05) is 18.7 Å². The number of H-pyrrole nitrogens is 1. The number of nitrogens with one attached hydrogen (secondary N) is 2. The average molecular weight is 249 g/mol. The topological polar surface area (TPSA) is 40.7 Å². The summed E-state index contributed by atoms with van der Waals surface area (Å²) in [6.07, 6.45) is 0. The number of aromatic amines is 1. The Kier molecular flexibility index (Phi) is 2.23. The van der Waals surface area contributed by atoms with Crippen LogP contribution in [-0.2, 0) is 13.1 Å². The maximum absolute atomic E-state index is 4.67. The van der Waals surface area contributed by atoms with E-state index in [4.69, 9.17) is 0 Å². The number of hydrogen-bond acceptors (Lipinski definition) is 2. The molecule has 0 amide bonds. The first-order valence-electron chi connectivity index (χ1n) is 6.59. The summed E-state index contributed by atoms with van der Waals surface area (Å²) in [4.78, 5) is 8.09. The highest BCUT2D eigenvalue weighted by Gasteiger charge is 2.12. The van der Waals surface area contributed by atoms with E-state index in [-0.39, 0.29) is 0 Å². The number of nitrogens with zero attached hydrogens (tertiary/aromatic N) is 1. The first-order valence-corrected chi connectivity index (χ1v) is 6.59. The minimum atomic E-state index is 0.954. The summed E-state index contributed by atoms with van der Waals surface area (Å²) >= 11 is 0. The molecule has 3 aromatic rings. The van der Waals surface area contributed by atoms with Crippen LogP contribution >= 0.6 is 0 Å². The van der Waals surface area contributed by atoms with Gasteiger partial charge in [0.2, 0.25) is 0 Å². The fourth-order valence-corrected chi connectivity index (χ4v) is 2.70. The molecule has 0 unspecified atom stereocenters. The molecular formula is C16H15N3. The predicted molar refractivity (Wildman–Crippen MR) is 76.8 cm³/mol. The van der Waals surface area contributed by atoms with E-state index in [9.17, 15) is 0 Å². The lowest BCUT2D eigenvalue weighted by atomic mass is 10.1. The standard InChI is InChI=1S/C16H15N3/c1-10-2-5-14-15(6-10)19-16(18-14)11-3-4-12-8-17-9-13(12)7-11/h2-7,17H,8-9H2,1H3,(H,18,19). The number of aryl methyl sites for hydroxylation is 1. The highest BCUT2D eigenvalue weighted by Crippen LogP contribution is 2.25. The molecule has 2 N–H and O–H groups in total. The predicted octanol–water partition coefficient (Wildman–Crippen LogP) is 3.14. The van der Waals surface area contributed by atoms with E-state index >= 15 is 0 Å². The molecule has 0 spiro atoms. The number of fused-ring (bicyclic) bond motifs is 2. The summed E-state index contributed by atoms with van der Waals surface area (Å²) in [6, 6.07) is 12.9. The van der Waals surface area contributed by atoms with Gasteiger partial charge in [-0.1, -0.05) is 18.2 Å². The van der Waals surface area contributed by atoms with Crippen LogP contribution in [-0.4, -0.2) is 9.97 Å². The lowest BCUT2D eigenvalue weighted by molar-refractivity contribution is 0.765.